The molecule has 434 valence electrons. The molecule has 9 atom stereocenters. The lowest BCUT2D eigenvalue weighted by atomic mass is 9.79. The number of likely N-dealkylation sites (tertiary alicyclic amines) is 1. The van der Waals surface area contributed by atoms with Gasteiger partial charge in [0.05, 0.1) is 62.4 Å². The number of nitrogens with zero attached hydrogens (tertiary/aromatic N) is 9. The average Bonchev–Trinajstić information content (AvgIpc) is 2.69. The fourth-order valence-corrected chi connectivity index (χ4v) is 15.4. The SMILES string of the molecule is Cc1ncsc1-c1ccc([C@H](C)NC(=O)[C@@H]2C[C@@H](O)CN2C(=O)[C@@H](c2cc(OC[C@@H]3CC[C@]4(COc5nc(N6CC7CCC(C6)N7C(=O)OC(C)(C)C)c6cnc7c(c6n5)C(C)c5cccc6cccc-7c56)CCCN34)no2)C(C)C)cc1. The number of carbonyl (C=O) groups excluding carboxylic acids is 3. The fraction of sp³-hybridized carbons (Fsp3) is 0.500. The summed E-state index contributed by atoms with van der Waals surface area (Å²) in [7, 11) is 0. The first-order chi connectivity index (χ1) is 39.9. The molecule has 3 unspecified atom stereocenters. The Morgan fingerprint density at radius 1 is 0.940 bits per heavy atom. The summed E-state index contributed by atoms with van der Waals surface area (Å²) in [5, 5.41) is 21.6. The number of fused-ring (bicyclic) bond motifs is 7. The summed E-state index contributed by atoms with van der Waals surface area (Å²) in [6.45, 7) is 18.6. The molecular weight excluding hydrogens is 1070 g/mol. The molecule has 0 saturated carbocycles. The zero-order valence-corrected chi connectivity index (χ0v) is 49.4. The van der Waals surface area contributed by atoms with Crippen LogP contribution in [0.5, 0.6) is 11.9 Å². The third-order valence-electron chi connectivity index (χ3n) is 18.5. The van der Waals surface area contributed by atoms with Crippen LogP contribution in [0.1, 0.15) is 139 Å². The number of anilines is 1. The molecule has 83 heavy (non-hydrogen) atoms. The molecule has 7 aromatic rings. The topological polar surface area (TPSA) is 202 Å². The number of β-amino-alcohol motifs (C(OH)–C–C–N with tert-alkyl or cyclic N) is 1. The number of piperazine rings is 1. The molecule has 6 aliphatic rings. The minimum atomic E-state index is -0.857. The first-order valence-electron chi connectivity index (χ1n) is 29.7. The number of nitrogens with one attached hydrogen (secondary N) is 1. The number of aliphatic hydroxyl groups excluding tert-OH is 1. The van der Waals surface area contributed by atoms with Gasteiger partial charge >= 0.3 is 12.1 Å². The van der Waals surface area contributed by atoms with Crippen LogP contribution >= 0.6 is 11.3 Å². The number of hydrogen-bond acceptors (Lipinski definition) is 16. The normalized spacial score (nSPS) is 24.6. The second-order valence-electron chi connectivity index (χ2n) is 25.4. The average molecular weight is 1140 g/mol. The van der Waals surface area contributed by atoms with Crippen molar-refractivity contribution in [3.8, 4) is 33.6 Å². The third kappa shape index (κ3) is 10.0. The van der Waals surface area contributed by atoms with E-state index in [2.05, 4.69) is 68.6 Å². The minimum Gasteiger partial charge on any atom is -0.474 e. The van der Waals surface area contributed by atoms with Gasteiger partial charge in [-0.15, -0.1) is 11.3 Å². The molecule has 5 aliphatic heterocycles. The Balaban J connectivity index is 0.705. The van der Waals surface area contributed by atoms with Crippen LogP contribution in [-0.2, 0) is 14.3 Å². The highest BCUT2D eigenvalue weighted by Crippen LogP contribution is 2.49. The van der Waals surface area contributed by atoms with Gasteiger partial charge in [-0.3, -0.25) is 24.4 Å². The van der Waals surface area contributed by atoms with E-state index < -0.39 is 23.7 Å². The van der Waals surface area contributed by atoms with Crippen molar-refractivity contribution in [3.63, 3.8) is 0 Å². The van der Waals surface area contributed by atoms with Crippen LogP contribution in [-0.4, -0.2) is 144 Å². The Morgan fingerprint density at radius 3 is 2.45 bits per heavy atom. The smallest absolute Gasteiger partial charge is 0.410 e. The van der Waals surface area contributed by atoms with Crippen molar-refractivity contribution in [3.05, 3.63) is 107 Å². The van der Waals surface area contributed by atoms with Crippen molar-refractivity contribution in [2.45, 2.75) is 160 Å². The summed E-state index contributed by atoms with van der Waals surface area (Å²) in [6, 6.07) is 21.9. The number of aliphatic hydroxyl groups is 1. The number of amides is 3. The number of carbonyl (C=O) groups is 3. The highest BCUT2D eigenvalue weighted by Gasteiger charge is 2.51. The zero-order valence-electron chi connectivity index (χ0n) is 48.6. The lowest BCUT2D eigenvalue weighted by Crippen LogP contribution is -2.57. The second kappa shape index (κ2) is 21.4. The maximum Gasteiger partial charge on any atom is 0.410 e. The van der Waals surface area contributed by atoms with Crippen molar-refractivity contribution in [1.82, 2.24) is 45.1 Å². The van der Waals surface area contributed by atoms with Gasteiger partial charge in [0.2, 0.25) is 11.8 Å². The molecule has 5 saturated heterocycles. The van der Waals surface area contributed by atoms with E-state index in [-0.39, 0.29) is 78.3 Å². The predicted molar refractivity (Wildman–Crippen MR) is 317 cm³/mol. The molecule has 0 spiro atoms. The largest absolute Gasteiger partial charge is 0.474 e. The van der Waals surface area contributed by atoms with E-state index in [1.165, 1.54) is 21.2 Å². The molecule has 4 aromatic heterocycles. The standard InChI is InChI=1S/C64H74N10O8S/c1-35(2)52(60(77)72-31-45(75)26-49(72)59(76)67-37(4)39-16-18-41(19-17-39)57-38(5)66-34-83-57)50-27-51(70-82-50)79-32-44-22-24-64(23-11-25-73(44)64)33-80-61-68-56-48(28-65-55-47-15-10-13-40-12-9-14-46(54(40)47)36(3)53(55)56)58(69-61)71-29-42-20-21-43(30-71)74(42)62(78)81-63(6,7)8/h9-10,12-19,27-28,34-37,42-45,49,52,75H,11,20-26,29-33H2,1-8H3,(H,67,76)/t36?,37-,42?,43?,44-,45+,49-,52+,64-/m0/s1. The number of aryl methyl sites for hydroxylation is 1. The van der Waals surface area contributed by atoms with Gasteiger partial charge in [0.25, 0.3) is 5.88 Å². The lowest BCUT2D eigenvalue weighted by molar-refractivity contribution is -0.141. The molecule has 5 fully saturated rings. The molecule has 0 radical (unpaired) electrons. The maximum atomic E-state index is 14.6. The number of hydrogen-bond donors (Lipinski definition) is 2. The van der Waals surface area contributed by atoms with E-state index in [4.69, 9.17) is 33.7 Å². The molecule has 3 amide bonds. The van der Waals surface area contributed by atoms with Crippen molar-refractivity contribution in [1.29, 1.82) is 0 Å². The Hall–Kier alpha value is -7.22. The van der Waals surface area contributed by atoms with Gasteiger partial charge in [0.15, 0.2) is 5.76 Å². The van der Waals surface area contributed by atoms with E-state index in [1.807, 2.05) is 89.3 Å². The van der Waals surface area contributed by atoms with Gasteiger partial charge in [-0.05, 0) is 118 Å². The summed E-state index contributed by atoms with van der Waals surface area (Å²) in [6.07, 6.45) is 6.47. The van der Waals surface area contributed by atoms with Gasteiger partial charge in [-0.25, -0.2) is 9.78 Å². The Morgan fingerprint density at radius 2 is 1.71 bits per heavy atom. The summed E-state index contributed by atoms with van der Waals surface area (Å²) in [4.78, 5) is 71.7. The summed E-state index contributed by atoms with van der Waals surface area (Å²) in [5.41, 5.74) is 9.10. The number of aromatic nitrogens is 5. The van der Waals surface area contributed by atoms with Crippen molar-refractivity contribution >= 4 is 56.7 Å². The second-order valence-corrected chi connectivity index (χ2v) is 26.2. The van der Waals surface area contributed by atoms with Crippen molar-refractivity contribution in [2.24, 2.45) is 5.92 Å². The van der Waals surface area contributed by atoms with Gasteiger partial charge in [-0.2, -0.15) is 9.97 Å². The highest BCUT2D eigenvalue weighted by atomic mass is 32.1. The van der Waals surface area contributed by atoms with Crippen LogP contribution in [0.25, 0.3) is 43.4 Å². The summed E-state index contributed by atoms with van der Waals surface area (Å²) in [5.74, 6) is -0.200. The number of rotatable bonds is 14. The molecule has 2 N–H and O–H groups in total. The van der Waals surface area contributed by atoms with E-state index in [0.717, 1.165) is 100 Å². The molecule has 3 aromatic carbocycles. The zero-order chi connectivity index (χ0) is 57.6. The molecule has 2 bridgehead atoms. The molecule has 19 heteroatoms. The number of ether oxygens (including phenoxy) is 3. The third-order valence-corrected chi connectivity index (χ3v) is 19.5. The van der Waals surface area contributed by atoms with Gasteiger partial charge in [-0.1, -0.05) is 81.4 Å². The first-order valence-corrected chi connectivity index (χ1v) is 30.6. The molecule has 9 heterocycles. The van der Waals surface area contributed by atoms with Crippen molar-refractivity contribution in [2.75, 3.05) is 44.3 Å². The Bertz CT molecular complexity index is 3620. The number of thiazole rings is 1. The van der Waals surface area contributed by atoms with Crippen LogP contribution in [0.2, 0.25) is 0 Å². The monoisotopic (exact) mass is 1140 g/mol. The summed E-state index contributed by atoms with van der Waals surface area (Å²) < 4.78 is 25.2. The van der Waals surface area contributed by atoms with Crippen LogP contribution in [0.15, 0.2) is 83.0 Å². The van der Waals surface area contributed by atoms with Crippen LogP contribution < -0.4 is 19.7 Å². The van der Waals surface area contributed by atoms with Crippen LogP contribution in [0.3, 0.4) is 0 Å². The van der Waals surface area contributed by atoms with E-state index >= 15 is 0 Å². The fourth-order valence-electron chi connectivity index (χ4n) is 14.5. The Labute approximate surface area is 487 Å². The highest BCUT2D eigenvalue weighted by molar-refractivity contribution is 7.13. The Kier molecular flexibility index (Phi) is 14.2. The molecule has 13 rings (SSSR count). The summed E-state index contributed by atoms with van der Waals surface area (Å²) >= 11 is 1.59. The van der Waals surface area contributed by atoms with Gasteiger partial charge in [0.1, 0.15) is 36.6 Å². The van der Waals surface area contributed by atoms with Crippen LogP contribution in [0, 0.1) is 12.8 Å². The van der Waals surface area contributed by atoms with E-state index in [0.29, 0.717) is 38.1 Å². The molecule has 18 nitrogen and oxygen atoms in total. The maximum absolute atomic E-state index is 14.6. The quantitative estimate of drug-likeness (QED) is 0.104. The molecule has 1 aliphatic carbocycles. The van der Waals surface area contributed by atoms with E-state index in [1.54, 1.807) is 17.4 Å². The number of benzene rings is 3. The van der Waals surface area contributed by atoms with E-state index in [9.17, 15) is 19.5 Å². The van der Waals surface area contributed by atoms with Crippen LogP contribution in [0.4, 0.5) is 10.6 Å². The predicted octanol–water partition coefficient (Wildman–Crippen LogP) is 10.4. The van der Waals surface area contributed by atoms with Crippen molar-refractivity contribution < 1.29 is 38.2 Å². The minimum absolute atomic E-state index is 0.00161. The molecular formula is C64H74N10O8S. The first kappa shape index (κ1) is 55.0. The van der Waals surface area contributed by atoms with Gasteiger partial charge < -0.3 is 39.0 Å². The lowest BCUT2D eigenvalue weighted by Gasteiger charge is -2.42. The number of pyridine rings is 1. The van der Waals surface area contributed by atoms with Gasteiger partial charge in [0, 0.05) is 61.4 Å².